The highest BCUT2D eigenvalue weighted by Gasteiger charge is 2.32. The Bertz CT molecular complexity index is 1150. The van der Waals surface area contributed by atoms with Crippen LogP contribution in [0.25, 0.3) is 0 Å². The predicted octanol–water partition coefficient (Wildman–Crippen LogP) is 2.64. The maximum Gasteiger partial charge on any atom is 0.274 e. The summed E-state index contributed by atoms with van der Waals surface area (Å²) in [7, 11) is 3.32. The van der Waals surface area contributed by atoms with Gasteiger partial charge in [0.05, 0.1) is 19.8 Å². The average Bonchev–Trinajstić information content (AvgIpc) is 3.21. The van der Waals surface area contributed by atoms with Crippen molar-refractivity contribution in [1.29, 1.82) is 0 Å². The SMILES string of the molecule is COc1ccc(CN2CC(OCc3ccccc3F)CN(C(=O)c3ccn(C)n3)CC2=O)cc1. The number of rotatable bonds is 7. The molecule has 0 N–H and O–H groups in total. The molecule has 2 aromatic carbocycles. The Labute approximate surface area is 197 Å². The molecule has 1 aliphatic rings. The van der Waals surface area contributed by atoms with Crippen LogP contribution in [0.5, 0.6) is 5.75 Å². The zero-order valence-electron chi connectivity index (χ0n) is 19.2. The van der Waals surface area contributed by atoms with E-state index in [1.165, 1.54) is 15.6 Å². The van der Waals surface area contributed by atoms with E-state index in [9.17, 15) is 14.0 Å². The Morgan fingerprint density at radius 2 is 1.88 bits per heavy atom. The van der Waals surface area contributed by atoms with Gasteiger partial charge in [0.2, 0.25) is 5.91 Å². The van der Waals surface area contributed by atoms with Crippen LogP contribution in [0.2, 0.25) is 0 Å². The molecule has 0 saturated carbocycles. The van der Waals surface area contributed by atoms with E-state index in [-0.39, 0.29) is 49.6 Å². The standard InChI is InChI=1S/C25H27FN4O4/c1-28-12-11-23(27-28)25(32)30-15-21(34-17-19-5-3-4-6-22(19)26)14-29(24(31)16-30)13-18-7-9-20(33-2)10-8-18/h3-12,21H,13-17H2,1-2H3. The second kappa shape index (κ2) is 10.5. The van der Waals surface area contributed by atoms with Gasteiger partial charge in [0.15, 0.2) is 0 Å². The number of carbonyl (C=O) groups is 2. The van der Waals surface area contributed by atoms with Gasteiger partial charge in [-0.2, -0.15) is 5.10 Å². The molecule has 34 heavy (non-hydrogen) atoms. The van der Waals surface area contributed by atoms with Crippen LogP contribution in [-0.4, -0.2) is 64.2 Å². The normalized spacial score (nSPS) is 16.4. The highest BCUT2D eigenvalue weighted by atomic mass is 19.1. The van der Waals surface area contributed by atoms with Crippen LogP contribution in [0.3, 0.4) is 0 Å². The van der Waals surface area contributed by atoms with E-state index in [4.69, 9.17) is 9.47 Å². The van der Waals surface area contributed by atoms with Crippen molar-refractivity contribution >= 4 is 11.8 Å². The molecule has 2 heterocycles. The number of carbonyl (C=O) groups excluding carboxylic acids is 2. The molecule has 178 valence electrons. The summed E-state index contributed by atoms with van der Waals surface area (Å²) in [6.45, 7) is 0.757. The third kappa shape index (κ3) is 5.60. The molecule has 8 nitrogen and oxygen atoms in total. The fourth-order valence-corrected chi connectivity index (χ4v) is 3.86. The van der Waals surface area contributed by atoms with E-state index in [2.05, 4.69) is 5.10 Å². The lowest BCUT2D eigenvalue weighted by molar-refractivity contribution is -0.132. The van der Waals surface area contributed by atoms with Gasteiger partial charge in [0, 0.05) is 38.4 Å². The molecule has 9 heteroatoms. The van der Waals surface area contributed by atoms with E-state index < -0.39 is 6.10 Å². The van der Waals surface area contributed by atoms with Gasteiger partial charge in [-0.25, -0.2) is 4.39 Å². The Hall–Kier alpha value is -3.72. The smallest absolute Gasteiger partial charge is 0.274 e. The van der Waals surface area contributed by atoms with Gasteiger partial charge < -0.3 is 19.3 Å². The first-order valence-corrected chi connectivity index (χ1v) is 11.0. The topological polar surface area (TPSA) is 76.9 Å². The van der Waals surface area contributed by atoms with E-state index in [0.29, 0.717) is 12.1 Å². The number of aromatic nitrogens is 2. The number of halogens is 1. The summed E-state index contributed by atoms with van der Waals surface area (Å²) in [5.41, 5.74) is 1.60. The number of hydrogen-bond acceptors (Lipinski definition) is 5. The first-order valence-electron chi connectivity index (χ1n) is 11.0. The molecule has 3 aromatic rings. The molecule has 1 aliphatic heterocycles. The van der Waals surface area contributed by atoms with Crippen molar-refractivity contribution in [2.75, 3.05) is 26.7 Å². The first-order chi connectivity index (χ1) is 16.4. The first kappa shape index (κ1) is 23.4. The molecule has 1 saturated heterocycles. The Kier molecular flexibility index (Phi) is 7.22. The van der Waals surface area contributed by atoms with Crippen molar-refractivity contribution in [3.63, 3.8) is 0 Å². The molecule has 2 amide bonds. The summed E-state index contributed by atoms with van der Waals surface area (Å²) < 4.78 is 26.9. The highest BCUT2D eigenvalue weighted by Crippen LogP contribution is 2.18. The largest absolute Gasteiger partial charge is 0.497 e. The summed E-state index contributed by atoms with van der Waals surface area (Å²) >= 11 is 0. The molecule has 0 bridgehead atoms. The van der Waals surface area contributed by atoms with Gasteiger partial charge in [-0.05, 0) is 29.8 Å². The van der Waals surface area contributed by atoms with Crippen molar-refractivity contribution in [1.82, 2.24) is 19.6 Å². The highest BCUT2D eigenvalue weighted by molar-refractivity contribution is 5.95. The van der Waals surface area contributed by atoms with E-state index in [1.807, 2.05) is 24.3 Å². The molecule has 1 aromatic heterocycles. The minimum absolute atomic E-state index is 0.0352. The molecule has 0 radical (unpaired) electrons. The molecule has 1 unspecified atom stereocenters. The van der Waals surface area contributed by atoms with Crippen molar-refractivity contribution in [2.45, 2.75) is 19.3 Å². The zero-order chi connectivity index (χ0) is 24.1. The van der Waals surface area contributed by atoms with Crippen LogP contribution in [0.4, 0.5) is 4.39 Å². The molecular weight excluding hydrogens is 439 g/mol. The second-order valence-corrected chi connectivity index (χ2v) is 8.21. The van der Waals surface area contributed by atoms with Crippen molar-refractivity contribution < 1.29 is 23.5 Å². The van der Waals surface area contributed by atoms with Crippen molar-refractivity contribution in [3.8, 4) is 5.75 Å². The Morgan fingerprint density at radius 3 is 2.56 bits per heavy atom. The number of nitrogens with zero attached hydrogens (tertiary/aromatic N) is 4. The van der Waals surface area contributed by atoms with Crippen LogP contribution < -0.4 is 4.74 Å². The molecule has 0 aliphatic carbocycles. The summed E-state index contributed by atoms with van der Waals surface area (Å²) in [6.07, 6.45) is 1.17. The van der Waals surface area contributed by atoms with E-state index >= 15 is 0 Å². The van der Waals surface area contributed by atoms with Crippen LogP contribution in [0, 0.1) is 5.82 Å². The minimum Gasteiger partial charge on any atom is -0.497 e. The van der Waals surface area contributed by atoms with Crippen LogP contribution in [0.1, 0.15) is 21.6 Å². The Morgan fingerprint density at radius 1 is 1.12 bits per heavy atom. The third-order valence-electron chi connectivity index (χ3n) is 5.71. The van der Waals surface area contributed by atoms with Gasteiger partial charge in [-0.3, -0.25) is 14.3 Å². The van der Waals surface area contributed by atoms with Crippen LogP contribution in [0.15, 0.2) is 60.8 Å². The quantitative estimate of drug-likeness (QED) is 0.535. The minimum atomic E-state index is -0.503. The predicted molar refractivity (Wildman–Crippen MR) is 122 cm³/mol. The van der Waals surface area contributed by atoms with E-state index in [1.54, 1.807) is 49.5 Å². The fourth-order valence-electron chi connectivity index (χ4n) is 3.86. The molecule has 1 atom stereocenters. The molecule has 4 rings (SSSR count). The summed E-state index contributed by atoms with van der Waals surface area (Å²) in [5, 5.41) is 4.17. The number of amides is 2. The van der Waals surface area contributed by atoms with Gasteiger partial charge in [0.25, 0.3) is 5.91 Å². The number of benzene rings is 2. The number of aryl methyl sites for hydroxylation is 1. The molecule has 1 fully saturated rings. The third-order valence-corrected chi connectivity index (χ3v) is 5.71. The van der Waals surface area contributed by atoms with Crippen molar-refractivity contribution in [2.24, 2.45) is 7.05 Å². The fraction of sp³-hybridized carbons (Fsp3) is 0.320. The maximum atomic E-state index is 14.1. The van der Waals surface area contributed by atoms with Gasteiger partial charge in [-0.15, -0.1) is 0 Å². The van der Waals surface area contributed by atoms with E-state index in [0.717, 1.165) is 11.3 Å². The summed E-state index contributed by atoms with van der Waals surface area (Å²) in [4.78, 5) is 29.3. The lowest BCUT2D eigenvalue weighted by Crippen LogP contribution is -2.40. The van der Waals surface area contributed by atoms with Crippen LogP contribution >= 0.6 is 0 Å². The lowest BCUT2D eigenvalue weighted by atomic mass is 10.2. The number of ether oxygens (including phenoxy) is 2. The van der Waals surface area contributed by atoms with Crippen LogP contribution in [-0.2, 0) is 29.7 Å². The van der Waals surface area contributed by atoms with Gasteiger partial charge >= 0.3 is 0 Å². The summed E-state index contributed by atoms with van der Waals surface area (Å²) in [6, 6.07) is 15.5. The molecule has 0 spiro atoms. The van der Waals surface area contributed by atoms with Gasteiger partial charge in [0.1, 0.15) is 23.8 Å². The lowest BCUT2D eigenvalue weighted by Gasteiger charge is -2.25. The van der Waals surface area contributed by atoms with Crippen molar-refractivity contribution in [3.05, 3.63) is 83.4 Å². The molecular formula is C25H27FN4O4. The average molecular weight is 467 g/mol. The Balaban J connectivity index is 1.53. The number of hydrogen-bond donors (Lipinski definition) is 0. The maximum absolute atomic E-state index is 14.1. The summed E-state index contributed by atoms with van der Waals surface area (Å²) in [5.74, 6) is -0.176. The van der Waals surface area contributed by atoms with Gasteiger partial charge in [-0.1, -0.05) is 30.3 Å². The second-order valence-electron chi connectivity index (χ2n) is 8.21. The zero-order valence-corrected chi connectivity index (χ0v) is 19.2. The monoisotopic (exact) mass is 466 g/mol. The number of methoxy groups -OCH3 is 1.